The van der Waals surface area contributed by atoms with E-state index in [1.807, 2.05) is 6.92 Å². The van der Waals surface area contributed by atoms with E-state index >= 15 is 0 Å². The van der Waals surface area contributed by atoms with Crippen LogP contribution in [0.4, 0.5) is 14.5 Å². The van der Waals surface area contributed by atoms with Crippen LogP contribution < -0.4 is 5.32 Å². The second-order valence-electron chi connectivity index (χ2n) is 3.91. The van der Waals surface area contributed by atoms with Gasteiger partial charge in [-0.3, -0.25) is 0 Å². The monoisotopic (exact) mass is 243 g/mol. The molecule has 2 N–H and O–H groups in total. The van der Waals surface area contributed by atoms with Crippen LogP contribution in [0.15, 0.2) is 12.1 Å². The fraction of sp³-hybridized carbons (Fsp3) is 0.417. The van der Waals surface area contributed by atoms with Gasteiger partial charge in [0.05, 0.1) is 5.69 Å². The van der Waals surface area contributed by atoms with Gasteiger partial charge in [0.15, 0.2) is 0 Å². The first-order valence-corrected chi connectivity index (χ1v) is 5.40. The number of nitrogens with one attached hydrogen (secondary N) is 1. The minimum atomic E-state index is -1.08. The summed E-state index contributed by atoms with van der Waals surface area (Å²) in [7, 11) is 0. The molecule has 0 spiro atoms. The molecule has 0 fully saturated rings. The molecule has 0 heterocycles. The Labute approximate surface area is 98.5 Å². The van der Waals surface area contributed by atoms with Gasteiger partial charge >= 0.3 is 5.97 Å². The third kappa shape index (κ3) is 3.41. The van der Waals surface area contributed by atoms with Crippen molar-refractivity contribution >= 4 is 11.7 Å². The molecule has 3 nitrogen and oxygen atoms in total. The molecule has 1 rings (SSSR count). The van der Waals surface area contributed by atoms with E-state index in [0.29, 0.717) is 12.8 Å². The summed E-state index contributed by atoms with van der Waals surface area (Å²) in [5.74, 6) is -2.28. The highest BCUT2D eigenvalue weighted by atomic mass is 19.1. The number of hydrogen-bond acceptors (Lipinski definition) is 2. The van der Waals surface area contributed by atoms with Crippen molar-refractivity contribution in [1.29, 1.82) is 0 Å². The van der Waals surface area contributed by atoms with Crippen molar-refractivity contribution in [3.8, 4) is 0 Å². The number of hydrogen-bond donors (Lipinski definition) is 2. The molecule has 0 bridgehead atoms. The largest absolute Gasteiger partial charge is 0.480 e. The molecular weight excluding hydrogens is 228 g/mol. The maximum atomic E-state index is 13.5. The molecule has 0 aliphatic heterocycles. The lowest BCUT2D eigenvalue weighted by atomic mass is 10.1. The molecule has 1 aromatic carbocycles. The van der Waals surface area contributed by atoms with Crippen molar-refractivity contribution < 1.29 is 18.7 Å². The summed E-state index contributed by atoms with van der Waals surface area (Å²) in [5, 5.41) is 11.4. The van der Waals surface area contributed by atoms with Gasteiger partial charge in [-0.25, -0.2) is 13.6 Å². The van der Waals surface area contributed by atoms with Gasteiger partial charge in [-0.05, 0) is 25.0 Å². The molecule has 5 heteroatoms. The summed E-state index contributed by atoms with van der Waals surface area (Å²) in [6.07, 6.45) is 0.990. The average molecular weight is 243 g/mol. The second kappa shape index (κ2) is 5.61. The Balaban J connectivity index is 2.93. The molecular formula is C12H15F2NO2. The van der Waals surface area contributed by atoms with Crippen LogP contribution in [0.5, 0.6) is 0 Å². The molecule has 1 atom stereocenters. The molecule has 0 aromatic heterocycles. The highest BCUT2D eigenvalue weighted by molar-refractivity contribution is 5.77. The molecule has 0 amide bonds. The van der Waals surface area contributed by atoms with Crippen LogP contribution in [0.2, 0.25) is 0 Å². The predicted octanol–water partition coefficient (Wildman–Crippen LogP) is 2.94. The van der Waals surface area contributed by atoms with E-state index in [1.165, 1.54) is 6.92 Å². The SMILES string of the molecule is CCCC(Nc1cc(F)c(C)cc1F)C(=O)O. The summed E-state index contributed by atoms with van der Waals surface area (Å²) in [6.45, 7) is 3.27. The lowest BCUT2D eigenvalue weighted by Gasteiger charge is -2.15. The quantitative estimate of drug-likeness (QED) is 0.835. The molecule has 94 valence electrons. The molecule has 1 aromatic rings. The Kier molecular flexibility index (Phi) is 4.43. The lowest BCUT2D eigenvalue weighted by molar-refractivity contribution is -0.138. The normalized spacial score (nSPS) is 12.2. The number of carboxylic acid groups (broad SMARTS) is 1. The van der Waals surface area contributed by atoms with Crippen molar-refractivity contribution in [2.45, 2.75) is 32.7 Å². The number of aliphatic carboxylic acids is 1. The maximum Gasteiger partial charge on any atom is 0.326 e. The van der Waals surface area contributed by atoms with E-state index in [4.69, 9.17) is 5.11 Å². The molecule has 0 saturated heterocycles. The van der Waals surface area contributed by atoms with E-state index < -0.39 is 23.6 Å². The Bertz CT molecular complexity index is 421. The van der Waals surface area contributed by atoms with E-state index in [0.717, 1.165) is 12.1 Å². The molecule has 1 unspecified atom stereocenters. The van der Waals surface area contributed by atoms with Gasteiger partial charge in [-0.2, -0.15) is 0 Å². The second-order valence-corrected chi connectivity index (χ2v) is 3.91. The van der Waals surface area contributed by atoms with E-state index in [9.17, 15) is 13.6 Å². The minimum absolute atomic E-state index is 0.117. The van der Waals surface area contributed by atoms with Gasteiger partial charge in [0.1, 0.15) is 17.7 Å². The molecule has 0 radical (unpaired) electrons. The summed E-state index contributed by atoms with van der Waals surface area (Å²) >= 11 is 0. The zero-order valence-corrected chi connectivity index (χ0v) is 9.76. The van der Waals surface area contributed by atoms with Crippen LogP contribution in [-0.4, -0.2) is 17.1 Å². The van der Waals surface area contributed by atoms with Crippen LogP contribution in [0.25, 0.3) is 0 Å². The average Bonchev–Trinajstić information content (AvgIpc) is 2.24. The van der Waals surface area contributed by atoms with Crippen molar-refractivity contribution in [3.63, 3.8) is 0 Å². The van der Waals surface area contributed by atoms with Gasteiger partial charge in [-0.15, -0.1) is 0 Å². The van der Waals surface area contributed by atoms with Crippen LogP contribution in [0, 0.1) is 18.6 Å². The molecule has 0 aliphatic rings. The maximum absolute atomic E-state index is 13.5. The number of halogens is 2. The first-order valence-electron chi connectivity index (χ1n) is 5.40. The zero-order chi connectivity index (χ0) is 13.0. The summed E-state index contributed by atoms with van der Waals surface area (Å²) in [5.41, 5.74) is 0.0735. The molecule has 0 saturated carbocycles. The Morgan fingerprint density at radius 2 is 2.06 bits per heavy atom. The number of anilines is 1. The summed E-state index contributed by atoms with van der Waals surface area (Å²) < 4.78 is 26.7. The Hall–Kier alpha value is -1.65. The summed E-state index contributed by atoms with van der Waals surface area (Å²) in [6, 6.07) is 1.12. The van der Waals surface area contributed by atoms with Crippen molar-refractivity contribution in [2.24, 2.45) is 0 Å². The molecule has 0 aliphatic carbocycles. The van der Waals surface area contributed by atoms with Crippen LogP contribution in [0.3, 0.4) is 0 Å². The number of benzene rings is 1. The van der Waals surface area contributed by atoms with Crippen molar-refractivity contribution in [2.75, 3.05) is 5.32 Å². The zero-order valence-electron chi connectivity index (χ0n) is 9.76. The number of rotatable bonds is 5. The predicted molar refractivity (Wildman–Crippen MR) is 61.0 cm³/mol. The van der Waals surface area contributed by atoms with E-state index in [1.54, 1.807) is 0 Å². The van der Waals surface area contributed by atoms with E-state index in [2.05, 4.69) is 5.32 Å². The van der Waals surface area contributed by atoms with Crippen LogP contribution in [0.1, 0.15) is 25.3 Å². The van der Waals surface area contributed by atoms with Gasteiger partial charge in [0, 0.05) is 6.07 Å². The number of carbonyl (C=O) groups is 1. The summed E-state index contributed by atoms with van der Waals surface area (Å²) in [4.78, 5) is 10.9. The van der Waals surface area contributed by atoms with Crippen molar-refractivity contribution in [3.05, 3.63) is 29.3 Å². The standard InChI is InChI=1S/C12H15F2NO2/c1-3-4-10(12(16)17)15-11-6-8(13)7(2)5-9(11)14/h5-6,10,15H,3-4H2,1-2H3,(H,16,17). The first kappa shape index (κ1) is 13.4. The van der Waals surface area contributed by atoms with Gasteiger partial charge in [0.2, 0.25) is 0 Å². The van der Waals surface area contributed by atoms with Gasteiger partial charge in [0.25, 0.3) is 0 Å². The van der Waals surface area contributed by atoms with Crippen LogP contribution in [-0.2, 0) is 4.79 Å². The highest BCUT2D eigenvalue weighted by Gasteiger charge is 2.18. The fourth-order valence-corrected chi connectivity index (χ4v) is 1.49. The number of aryl methyl sites for hydroxylation is 1. The minimum Gasteiger partial charge on any atom is -0.480 e. The van der Waals surface area contributed by atoms with Gasteiger partial charge in [-0.1, -0.05) is 13.3 Å². The Morgan fingerprint density at radius 3 is 2.59 bits per heavy atom. The smallest absolute Gasteiger partial charge is 0.326 e. The Morgan fingerprint density at radius 1 is 1.41 bits per heavy atom. The van der Waals surface area contributed by atoms with Crippen molar-refractivity contribution in [1.82, 2.24) is 0 Å². The van der Waals surface area contributed by atoms with E-state index in [-0.39, 0.29) is 11.3 Å². The first-order chi connectivity index (χ1) is 7.95. The highest BCUT2D eigenvalue weighted by Crippen LogP contribution is 2.20. The third-order valence-corrected chi connectivity index (χ3v) is 2.45. The van der Waals surface area contributed by atoms with Gasteiger partial charge < -0.3 is 10.4 Å². The molecule has 17 heavy (non-hydrogen) atoms. The van der Waals surface area contributed by atoms with Crippen LogP contribution >= 0.6 is 0 Å². The number of carboxylic acids is 1. The third-order valence-electron chi connectivity index (χ3n) is 2.45. The lowest BCUT2D eigenvalue weighted by Crippen LogP contribution is -2.29. The topological polar surface area (TPSA) is 49.3 Å². The fourth-order valence-electron chi connectivity index (χ4n) is 1.49.